The van der Waals surface area contributed by atoms with Crippen molar-refractivity contribution < 1.29 is 14.3 Å². The van der Waals surface area contributed by atoms with Crippen LogP contribution in [-0.2, 0) is 9.59 Å². The van der Waals surface area contributed by atoms with Crippen molar-refractivity contribution in [2.24, 2.45) is 11.8 Å². The summed E-state index contributed by atoms with van der Waals surface area (Å²) in [6, 6.07) is 13.4. The molecular weight excluding hydrogens is 352 g/mol. The van der Waals surface area contributed by atoms with Crippen molar-refractivity contribution in [3.05, 3.63) is 53.6 Å². The van der Waals surface area contributed by atoms with Gasteiger partial charge in [-0.3, -0.25) is 9.59 Å². The average Bonchev–Trinajstić information content (AvgIpc) is 2.71. The van der Waals surface area contributed by atoms with Crippen LogP contribution in [0.15, 0.2) is 42.5 Å². The molecule has 0 heterocycles. The SMILES string of the molecule is COc1ccccc1NC(=O)C1CCC(C(=O)Nc2c(C)cccc2C)CC1. The van der Waals surface area contributed by atoms with Crippen LogP contribution in [-0.4, -0.2) is 18.9 Å². The van der Waals surface area contributed by atoms with Gasteiger partial charge < -0.3 is 15.4 Å². The Morgan fingerprint density at radius 3 is 1.93 bits per heavy atom. The molecule has 148 valence electrons. The van der Waals surface area contributed by atoms with E-state index in [1.165, 1.54) is 0 Å². The lowest BCUT2D eigenvalue weighted by molar-refractivity contribution is -0.125. The lowest BCUT2D eigenvalue weighted by Gasteiger charge is -2.27. The fraction of sp³-hybridized carbons (Fsp3) is 0.391. The fourth-order valence-electron chi connectivity index (χ4n) is 3.84. The molecule has 2 N–H and O–H groups in total. The van der Waals surface area contributed by atoms with E-state index in [0.29, 0.717) is 24.3 Å². The zero-order chi connectivity index (χ0) is 20.1. The molecule has 0 unspecified atom stereocenters. The Balaban J connectivity index is 1.55. The number of anilines is 2. The minimum atomic E-state index is -0.0749. The van der Waals surface area contributed by atoms with Gasteiger partial charge in [0, 0.05) is 17.5 Å². The molecule has 0 spiro atoms. The number of nitrogens with one attached hydrogen (secondary N) is 2. The lowest BCUT2D eigenvalue weighted by Crippen LogP contribution is -2.32. The summed E-state index contributed by atoms with van der Waals surface area (Å²) in [4.78, 5) is 25.3. The van der Waals surface area contributed by atoms with Crippen LogP contribution >= 0.6 is 0 Å². The van der Waals surface area contributed by atoms with Crippen molar-refractivity contribution in [2.75, 3.05) is 17.7 Å². The van der Waals surface area contributed by atoms with E-state index < -0.39 is 0 Å². The van der Waals surface area contributed by atoms with Crippen LogP contribution in [0, 0.1) is 25.7 Å². The maximum atomic E-state index is 12.7. The van der Waals surface area contributed by atoms with Gasteiger partial charge >= 0.3 is 0 Å². The Morgan fingerprint density at radius 2 is 1.36 bits per heavy atom. The molecular formula is C23H28N2O3. The van der Waals surface area contributed by atoms with Gasteiger partial charge in [-0.05, 0) is 62.8 Å². The van der Waals surface area contributed by atoms with Crippen molar-refractivity contribution >= 4 is 23.2 Å². The van der Waals surface area contributed by atoms with E-state index in [2.05, 4.69) is 10.6 Å². The average molecular weight is 380 g/mol. The minimum Gasteiger partial charge on any atom is -0.495 e. The molecule has 1 fully saturated rings. The number of carbonyl (C=O) groups excluding carboxylic acids is 2. The molecule has 28 heavy (non-hydrogen) atoms. The highest BCUT2D eigenvalue weighted by atomic mass is 16.5. The summed E-state index contributed by atoms with van der Waals surface area (Å²) in [7, 11) is 1.59. The first kappa shape index (κ1) is 19.9. The monoisotopic (exact) mass is 380 g/mol. The zero-order valence-corrected chi connectivity index (χ0v) is 16.7. The van der Waals surface area contributed by atoms with Gasteiger partial charge in [0.2, 0.25) is 11.8 Å². The van der Waals surface area contributed by atoms with Gasteiger partial charge in [-0.15, -0.1) is 0 Å². The Kier molecular flexibility index (Phi) is 6.34. The first-order chi connectivity index (χ1) is 13.5. The highest BCUT2D eigenvalue weighted by molar-refractivity contribution is 5.95. The maximum absolute atomic E-state index is 12.7. The van der Waals surface area contributed by atoms with Gasteiger partial charge in [0.15, 0.2) is 0 Å². The quantitative estimate of drug-likeness (QED) is 0.790. The molecule has 2 aromatic rings. The molecule has 1 aliphatic carbocycles. The number of amides is 2. The van der Waals surface area contributed by atoms with E-state index in [4.69, 9.17) is 4.74 Å². The number of ether oxygens (including phenoxy) is 1. The minimum absolute atomic E-state index is 0.00175. The van der Waals surface area contributed by atoms with Crippen molar-refractivity contribution in [1.29, 1.82) is 0 Å². The molecule has 2 aromatic carbocycles. The van der Waals surface area contributed by atoms with Crippen LogP contribution < -0.4 is 15.4 Å². The van der Waals surface area contributed by atoms with Gasteiger partial charge in [-0.2, -0.15) is 0 Å². The summed E-state index contributed by atoms with van der Waals surface area (Å²) < 4.78 is 5.29. The third-order valence-corrected chi connectivity index (χ3v) is 5.56. The fourth-order valence-corrected chi connectivity index (χ4v) is 3.84. The smallest absolute Gasteiger partial charge is 0.227 e. The molecule has 0 aliphatic heterocycles. The Morgan fingerprint density at radius 1 is 0.821 bits per heavy atom. The molecule has 1 saturated carbocycles. The van der Waals surface area contributed by atoms with Crippen LogP contribution in [0.4, 0.5) is 11.4 Å². The topological polar surface area (TPSA) is 67.4 Å². The number of benzene rings is 2. The van der Waals surface area contributed by atoms with Crippen LogP contribution in [0.5, 0.6) is 5.75 Å². The summed E-state index contributed by atoms with van der Waals surface area (Å²) in [5, 5.41) is 6.06. The third-order valence-electron chi connectivity index (χ3n) is 5.56. The van der Waals surface area contributed by atoms with E-state index in [9.17, 15) is 9.59 Å². The number of para-hydroxylation sites is 3. The first-order valence-corrected chi connectivity index (χ1v) is 9.80. The van der Waals surface area contributed by atoms with Crippen LogP contribution in [0.25, 0.3) is 0 Å². The Bertz CT molecular complexity index is 834. The van der Waals surface area contributed by atoms with Crippen molar-refractivity contribution in [3.63, 3.8) is 0 Å². The van der Waals surface area contributed by atoms with Gasteiger partial charge in [-0.1, -0.05) is 30.3 Å². The van der Waals surface area contributed by atoms with Crippen molar-refractivity contribution in [2.45, 2.75) is 39.5 Å². The third kappa shape index (κ3) is 4.53. The van der Waals surface area contributed by atoms with E-state index in [1.807, 2.05) is 56.3 Å². The van der Waals surface area contributed by atoms with E-state index in [-0.39, 0.29) is 23.7 Å². The maximum Gasteiger partial charge on any atom is 0.227 e. The molecule has 1 aliphatic rings. The summed E-state index contributed by atoms with van der Waals surface area (Å²) >= 11 is 0. The van der Waals surface area contributed by atoms with E-state index >= 15 is 0 Å². The molecule has 0 atom stereocenters. The van der Waals surface area contributed by atoms with Crippen LogP contribution in [0.2, 0.25) is 0 Å². The van der Waals surface area contributed by atoms with Crippen LogP contribution in [0.3, 0.4) is 0 Å². The highest BCUT2D eigenvalue weighted by Gasteiger charge is 2.30. The second-order valence-electron chi connectivity index (χ2n) is 7.49. The largest absolute Gasteiger partial charge is 0.495 e. The number of methoxy groups -OCH3 is 1. The number of rotatable bonds is 5. The predicted molar refractivity (Wildman–Crippen MR) is 112 cm³/mol. The lowest BCUT2D eigenvalue weighted by atomic mass is 9.81. The summed E-state index contributed by atoms with van der Waals surface area (Å²) in [5.41, 5.74) is 3.73. The normalized spacial score (nSPS) is 19.0. The molecule has 3 rings (SSSR count). The standard InChI is InChI=1S/C23H28N2O3/c1-15-7-6-8-16(2)21(15)25-23(27)18-13-11-17(12-14-18)22(26)24-19-9-4-5-10-20(19)28-3/h4-10,17-18H,11-14H2,1-3H3,(H,24,26)(H,25,27). The highest BCUT2D eigenvalue weighted by Crippen LogP contribution is 2.32. The Hall–Kier alpha value is -2.82. The molecule has 0 aromatic heterocycles. The first-order valence-electron chi connectivity index (χ1n) is 9.80. The number of carbonyl (C=O) groups is 2. The molecule has 0 bridgehead atoms. The molecule has 0 saturated heterocycles. The molecule has 2 amide bonds. The van der Waals surface area contributed by atoms with Gasteiger partial charge in [0.1, 0.15) is 5.75 Å². The molecule has 5 heteroatoms. The van der Waals surface area contributed by atoms with Gasteiger partial charge in [0.05, 0.1) is 12.8 Å². The van der Waals surface area contributed by atoms with Crippen molar-refractivity contribution in [3.8, 4) is 5.75 Å². The Labute approximate surface area is 166 Å². The second kappa shape index (κ2) is 8.91. The molecule has 5 nitrogen and oxygen atoms in total. The summed E-state index contributed by atoms with van der Waals surface area (Å²) in [6.07, 6.45) is 2.87. The van der Waals surface area contributed by atoms with E-state index in [1.54, 1.807) is 7.11 Å². The van der Waals surface area contributed by atoms with Crippen molar-refractivity contribution in [1.82, 2.24) is 0 Å². The van der Waals surface area contributed by atoms with Gasteiger partial charge in [-0.25, -0.2) is 0 Å². The number of hydrogen-bond donors (Lipinski definition) is 2. The second-order valence-corrected chi connectivity index (χ2v) is 7.49. The predicted octanol–water partition coefficient (Wildman–Crippen LogP) is 4.70. The molecule has 0 radical (unpaired) electrons. The van der Waals surface area contributed by atoms with Gasteiger partial charge in [0.25, 0.3) is 0 Å². The van der Waals surface area contributed by atoms with Crippen LogP contribution in [0.1, 0.15) is 36.8 Å². The number of aryl methyl sites for hydroxylation is 2. The summed E-state index contributed by atoms with van der Waals surface area (Å²) in [6.45, 7) is 4.00. The zero-order valence-electron chi connectivity index (χ0n) is 16.7. The summed E-state index contributed by atoms with van der Waals surface area (Å²) in [5.74, 6) is 0.583. The number of hydrogen-bond acceptors (Lipinski definition) is 3. The van der Waals surface area contributed by atoms with E-state index in [0.717, 1.165) is 29.7 Å².